The molecule has 11 nitrogen and oxygen atoms in total. The first-order valence-electron chi connectivity index (χ1n) is 13.3. The number of carbonyl (C=O) groups excluding carboxylic acids is 2. The van der Waals surface area contributed by atoms with Gasteiger partial charge in [-0.05, 0) is 31.6 Å². The van der Waals surface area contributed by atoms with E-state index in [0.29, 0.717) is 35.8 Å². The van der Waals surface area contributed by atoms with Gasteiger partial charge in [-0.15, -0.1) is 0 Å². The lowest BCUT2D eigenvalue weighted by Gasteiger charge is -2.32. The van der Waals surface area contributed by atoms with Gasteiger partial charge in [0.1, 0.15) is 22.9 Å². The fraction of sp³-hybridized carbons (Fsp3) is 0.481. The van der Waals surface area contributed by atoms with Crippen molar-refractivity contribution < 1.29 is 27.6 Å². The topological polar surface area (TPSA) is 149 Å². The van der Waals surface area contributed by atoms with Crippen LogP contribution < -0.4 is 20.7 Å². The molecule has 0 aliphatic carbocycles. The Morgan fingerprint density at radius 2 is 1.85 bits per heavy atom. The summed E-state index contributed by atoms with van der Waals surface area (Å²) in [4.78, 5) is 38.3. The average Bonchev–Trinajstić information content (AvgIpc) is 3.42. The van der Waals surface area contributed by atoms with Crippen LogP contribution >= 0.6 is 0 Å². The van der Waals surface area contributed by atoms with Crippen molar-refractivity contribution in [2.24, 2.45) is 11.7 Å². The van der Waals surface area contributed by atoms with Crippen molar-refractivity contribution in [1.29, 1.82) is 0 Å². The number of aromatic nitrogens is 4. The van der Waals surface area contributed by atoms with E-state index in [4.69, 9.17) is 15.0 Å². The van der Waals surface area contributed by atoms with E-state index in [1.54, 1.807) is 12.4 Å². The lowest BCUT2D eigenvalue weighted by Crippen LogP contribution is -2.34. The molecular formula is C27H33F2N7O4. The van der Waals surface area contributed by atoms with Crippen LogP contribution in [0.25, 0.3) is 11.4 Å². The number of hydrogen-bond donors (Lipinski definition) is 2. The second kappa shape index (κ2) is 13.3. The molecule has 4 rings (SSSR count). The Morgan fingerprint density at radius 1 is 1.18 bits per heavy atom. The minimum Gasteiger partial charge on any atom is -0.493 e. The first-order valence-corrected chi connectivity index (χ1v) is 13.3. The third-order valence-electron chi connectivity index (χ3n) is 6.65. The maximum absolute atomic E-state index is 14.4. The number of halogens is 2. The molecule has 1 saturated heterocycles. The Balaban J connectivity index is 1.19. The smallest absolute Gasteiger partial charge is 0.257 e. The Hall–Kier alpha value is -4.16. The number of hydrogen-bond acceptors (Lipinski definition) is 9. The Labute approximate surface area is 230 Å². The number of nitrogens with two attached hydrogens (primary N) is 1. The van der Waals surface area contributed by atoms with E-state index in [1.165, 1.54) is 0 Å². The highest BCUT2D eigenvalue weighted by atomic mass is 19.1. The zero-order chi connectivity index (χ0) is 28.6. The molecule has 13 heteroatoms. The van der Waals surface area contributed by atoms with Gasteiger partial charge in [0.05, 0.1) is 12.2 Å². The Kier molecular flexibility index (Phi) is 9.56. The summed E-state index contributed by atoms with van der Waals surface area (Å²) in [6.45, 7) is 5.80. The summed E-state index contributed by atoms with van der Waals surface area (Å²) in [5.74, 6) is -1.30. The van der Waals surface area contributed by atoms with Crippen LogP contribution in [0.1, 0.15) is 68.1 Å². The number of nitrogens with zero attached hydrogens (tertiary/aromatic N) is 5. The van der Waals surface area contributed by atoms with E-state index in [0.717, 1.165) is 50.9 Å². The summed E-state index contributed by atoms with van der Waals surface area (Å²) in [5, 5.41) is 6.26. The minimum absolute atomic E-state index is 0.0142. The molecule has 214 valence electrons. The first-order chi connectivity index (χ1) is 19.2. The molecule has 3 heterocycles. The number of benzene rings is 1. The van der Waals surface area contributed by atoms with Gasteiger partial charge >= 0.3 is 0 Å². The van der Waals surface area contributed by atoms with Gasteiger partial charge in [0.25, 0.3) is 5.91 Å². The molecule has 0 spiro atoms. The Morgan fingerprint density at radius 3 is 2.45 bits per heavy atom. The molecular weight excluding hydrogens is 524 g/mol. The molecule has 2 aromatic heterocycles. The van der Waals surface area contributed by atoms with Gasteiger partial charge in [-0.2, -0.15) is 4.98 Å². The molecule has 1 fully saturated rings. The molecule has 40 heavy (non-hydrogen) atoms. The summed E-state index contributed by atoms with van der Waals surface area (Å²) in [6.07, 6.45) is 6.85. The number of primary amides is 1. The van der Waals surface area contributed by atoms with Crippen LogP contribution in [-0.4, -0.2) is 58.2 Å². The number of rotatable bonds is 12. The quantitative estimate of drug-likeness (QED) is 0.318. The van der Waals surface area contributed by atoms with Crippen LogP contribution in [0.5, 0.6) is 5.75 Å². The van der Waals surface area contributed by atoms with Crippen LogP contribution in [-0.2, 0) is 4.79 Å². The van der Waals surface area contributed by atoms with Crippen LogP contribution in [0.3, 0.4) is 0 Å². The van der Waals surface area contributed by atoms with Crippen LogP contribution in [0.15, 0.2) is 29.0 Å². The van der Waals surface area contributed by atoms with E-state index in [9.17, 15) is 18.4 Å². The molecule has 1 aliphatic rings. The van der Waals surface area contributed by atoms with Gasteiger partial charge in [-0.1, -0.05) is 19.0 Å². The Bertz CT molecular complexity index is 1290. The predicted octanol–water partition coefficient (Wildman–Crippen LogP) is 3.61. The van der Waals surface area contributed by atoms with Crippen LogP contribution in [0, 0.1) is 17.6 Å². The molecule has 0 radical (unpaired) electrons. The summed E-state index contributed by atoms with van der Waals surface area (Å²) in [7, 11) is 0. The van der Waals surface area contributed by atoms with E-state index < -0.39 is 29.0 Å². The third-order valence-corrected chi connectivity index (χ3v) is 6.65. The fourth-order valence-corrected chi connectivity index (χ4v) is 4.41. The SMILES string of the molecule is CC(C)c1nc(-c2cnc(N3CCC(CCCOc4cc(F)c(C(=O)NCCC(N)=O)c(F)c4)CC3)nc2)no1. The highest BCUT2D eigenvalue weighted by molar-refractivity contribution is 5.95. The molecule has 3 aromatic rings. The van der Waals surface area contributed by atoms with Crippen molar-refractivity contribution in [3.05, 3.63) is 47.6 Å². The number of nitrogens with one attached hydrogen (secondary N) is 1. The van der Waals surface area contributed by atoms with E-state index in [-0.39, 0.29) is 24.6 Å². The predicted molar refractivity (Wildman–Crippen MR) is 142 cm³/mol. The van der Waals surface area contributed by atoms with Gasteiger partial charge in [0.15, 0.2) is 0 Å². The summed E-state index contributed by atoms with van der Waals surface area (Å²) in [5.41, 5.74) is 4.97. The lowest BCUT2D eigenvalue weighted by atomic mass is 9.92. The number of piperidine rings is 1. The molecule has 0 unspecified atom stereocenters. The van der Waals surface area contributed by atoms with Gasteiger partial charge in [-0.3, -0.25) is 9.59 Å². The van der Waals surface area contributed by atoms with Gasteiger partial charge in [0, 0.05) is 56.5 Å². The van der Waals surface area contributed by atoms with Crippen molar-refractivity contribution in [2.45, 2.75) is 51.9 Å². The standard InChI is InChI=1S/C27H33F2N7O4/c1-16(2)26-34-24(35-40-26)18-14-32-27(33-15-18)36-9-6-17(7-10-36)4-3-11-39-19-12-20(28)23(21(29)13-19)25(38)31-8-5-22(30)37/h12-17H,3-11H2,1-2H3,(H2,30,37)(H,31,38). The number of amides is 2. The van der Waals surface area contributed by atoms with E-state index in [1.807, 2.05) is 13.8 Å². The van der Waals surface area contributed by atoms with Crippen molar-refractivity contribution >= 4 is 17.8 Å². The second-order valence-corrected chi connectivity index (χ2v) is 10.0. The van der Waals surface area contributed by atoms with E-state index >= 15 is 0 Å². The molecule has 3 N–H and O–H groups in total. The summed E-state index contributed by atoms with van der Waals surface area (Å²) < 4.78 is 39.5. The second-order valence-electron chi connectivity index (χ2n) is 10.0. The minimum atomic E-state index is -1.04. The highest BCUT2D eigenvalue weighted by Gasteiger charge is 2.22. The molecule has 0 bridgehead atoms. The highest BCUT2D eigenvalue weighted by Crippen LogP contribution is 2.26. The summed E-state index contributed by atoms with van der Waals surface area (Å²) in [6, 6.07) is 1.97. The molecule has 0 saturated carbocycles. The molecule has 0 atom stereocenters. The van der Waals surface area contributed by atoms with Crippen molar-refractivity contribution in [2.75, 3.05) is 31.1 Å². The monoisotopic (exact) mass is 557 g/mol. The van der Waals surface area contributed by atoms with Crippen LogP contribution in [0.2, 0.25) is 0 Å². The first kappa shape index (κ1) is 28.8. The number of anilines is 1. The largest absolute Gasteiger partial charge is 0.493 e. The summed E-state index contributed by atoms with van der Waals surface area (Å²) >= 11 is 0. The molecule has 1 aromatic carbocycles. The number of ether oxygens (including phenoxy) is 1. The van der Waals surface area contributed by atoms with Gasteiger partial charge < -0.3 is 25.2 Å². The molecule has 1 aliphatic heterocycles. The third kappa shape index (κ3) is 7.48. The van der Waals surface area contributed by atoms with Gasteiger partial charge in [-0.25, -0.2) is 18.7 Å². The zero-order valence-electron chi connectivity index (χ0n) is 22.5. The lowest BCUT2D eigenvalue weighted by molar-refractivity contribution is -0.117. The van der Waals surface area contributed by atoms with Crippen molar-refractivity contribution in [3.63, 3.8) is 0 Å². The molecule has 2 amide bonds. The van der Waals surface area contributed by atoms with Crippen LogP contribution in [0.4, 0.5) is 14.7 Å². The zero-order valence-corrected chi connectivity index (χ0v) is 22.5. The fourth-order valence-electron chi connectivity index (χ4n) is 4.41. The maximum atomic E-state index is 14.4. The van der Waals surface area contributed by atoms with E-state index in [2.05, 4.69) is 30.3 Å². The number of carbonyl (C=O) groups is 2. The normalized spacial score (nSPS) is 14.0. The van der Waals surface area contributed by atoms with Crippen molar-refractivity contribution in [3.8, 4) is 17.1 Å². The maximum Gasteiger partial charge on any atom is 0.257 e. The van der Waals surface area contributed by atoms with Gasteiger partial charge in [0.2, 0.25) is 23.6 Å². The average molecular weight is 558 g/mol. The van der Waals surface area contributed by atoms with Crippen molar-refractivity contribution in [1.82, 2.24) is 25.4 Å².